The Morgan fingerprint density at radius 2 is 1.65 bits per heavy atom. The molecule has 0 aliphatic carbocycles. The van der Waals surface area contributed by atoms with Gasteiger partial charge in [0.05, 0.1) is 12.8 Å². The highest BCUT2D eigenvalue weighted by molar-refractivity contribution is 6.05. The molecule has 0 radical (unpaired) electrons. The molecule has 4 aromatic rings. The van der Waals surface area contributed by atoms with Gasteiger partial charge in [-0.25, -0.2) is 0 Å². The molecular formula is C20H15NO2. The lowest BCUT2D eigenvalue weighted by Gasteiger charge is -1.99. The Kier molecular flexibility index (Phi) is 3.31. The topological polar surface area (TPSA) is 34.7 Å². The van der Waals surface area contributed by atoms with E-state index in [-0.39, 0.29) is 0 Å². The van der Waals surface area contributed by atoms with Crippen molar-refractivity contribution in [3.05, 3.63) is 72.3 Å². The zero-order chi connectivity index (χ0) is 15.6. The highest BCUT2D eigenvalue weighted by atomic mass is 16.5. The third kappa shape index (κ3) is 2.57. The first-order valence-electron chi connectivity index (χ1n) is 7.43. The average molecular weight is 301 g/mol. The smallest absolute Gasteiger partial charge is 0.137 e. The third-order valence-corrected chi connectivity index (χ3v) is 3.84. The normalized spacial score (nSPS) is 11.5. The highest BCUT2D eigenvalue weighted by Crippen LogP contribution is 2.31. The maximum absolute atomic E-state index is 5.88. The predicted octanol–water partition coefficient (Wildman–Crippen LogP) is 5.35. The van der Waals surface area contributed by atoms with Crippen LogP contribution in [0.2, 0.25) is 0 Å². The minimum atomic E-state index is 0.839. The molecule has 112 valence electrons. The van der Waals surface area contributed by atoms with Crippen LogP contribution < -0.4 is 4.74 Å². The summed E-state index contributed by atoms with van der Waals surface area (Å²) in [6, 6.07) is 21.9. The van der Waals surface area contributed by atoms with Crippen molar-refractivity contribution in [1.29, 1.82) is 0 Å². The van der Waals surface area contributed by atoms with Gasteiger partial charge in [0, 0.05) is 23.1 Å². The Hall–Kier alpha value is -3.07. The van der Waals surface area contributed by atoms with Gasteiger partial charge in [0.2, 0.25) is 0 Å². The summed E-state index contributed by atoms with van der Waals surface area (Å²) in [5.41, 5.74) is 3.65. The maximum Gasteiger partial charge on any atom is 0.137 e. The number of methoxy groups -OCH3 is 1. The molecular weight excluding hydrogens is 286 g/mol. The fraction of sp³-hybridized carbons (Fsp3) is 0.0500. The number of rotatable bonds is 3. The number of hydrogen-bond donors (Lipinski definition) is 0. The minimum Gasteiger partial charge on any atom is -0.497 e. The van der Waals surface area contributed by atoms with Gasteiger partial charge in [-0.15, -0.1) is 0 Å². The molecule has 4 rings (SSSR count). The summed E-state index contributed by atoms with van der Waals surface area (Å²) in [7, 11) is 1.66. The molecule has 0 bridgehead atoms. The summed E-state index contributed by atoms with van der Waals surface area (Å²) in [4.78, 5) is 4.53. The van der Waals surface area contributed by atoms with Crippen molar-refractivity contribution in [3.63, 3.8) is 0 Å². The summed E-state index contributed by atoms with van der Waals surface area (Å²) in [5, 5.41) is 2.25. The lowest BCUT2D eigenvalue weighted by molar-refractivity contribution is 0.415. The lowest BCUT2D eigenvalue weighted by atomic mass is 10.1. The van der Waals surface area contributed by atoms with E-state index in [4.69, 9.17) is 9.15 Å². The molecule has 0 unspecified atom stereocenters. The molecule has 0 aliphatic rings. The number of ether oxygens (including phenoxy) is 1. The van der Waals surface area contributed by atoms with Crippen LogP contribution in [0.5, 0.6) is 5.75 Å². The standard InChI is InChI=1S/C20H15NO2/c1-22-16-9-6-14(7-10-16)13-21-15-8-11-18-17-4-2-3-5-19(17)23-20(18)12-15/h2-13H,1H3. The number of hydrogen-bond acceptors (Lipinski definition) is 3. The second kappa shape index (κ2) is 5.61. The lowest BCUT2D eigenvalue weighted by Crippen LogP contribution is -1.84. The van der Waals surface area contributed by atoms with Crippen molar-refractivity contribution in [3.8, 4) is 5.75 Å². The van der Waals surface area contributed by atoms with E-state index in [1.807, 2.05) is 60.8 Å². The molecule has 0 fully saturated rings. The summed E-state index contributed by atoms with van der Waals surface area (Å²) < 4.78 is 11.0. The van der Waals surface area contributed by atoms with Gasteiger partial charge < -0.3 is 9.15 Å². The second-order valence-corrected chi connectivity index (χ2v) is 5.31. The minimum absolute atomic E-state index is 0.839. The van der Waals surface area contributed by atoms with Crippen LogP contribution in [-0.4, -0.2) is 13.3 Å². The highest BCUT2D eigenvalue weighted by Gasteiger charge is 2.06. The quantitative estimate of drug-likeness (QED) is 0.478. The van der Waals surface area contributed by atoms with Crippen LogP contribution in [0, 0.1) is 0 Å². The Balaban J connectivity index is 1.68. The van der Waals surface area contributed by atoms with E-state index in [9.17, 15) is 0 Å². The van der Waals surface area contributed by atoms with E-state index in [1.165, 1.54) is 0 Å². The number of para-hydroxylation sites is 1. The van der Waals surface area contributed by atoms with Crippen LogP contribution in [0.25, 0.3) is 21.9 Å². The van der Waals surface area contributed by atoms with Crippen LogP contribution in [0.1, 0.15) is 5.56 Å². The first-order valence-corrected chi connectivity index (χ1v) is 7.43. The molecule has 0 N–H and O–H groups in total. The van der Waals surface area contributed by atoms with Crippen molar-refractivity contribution < 1.29 is 9.15 Å². The Morgan fingerprint density at radius 3 is 2.48 bits per heavy atom. The zero-order valence-electron chi connectivity index (χ0n) is 12.7. The van der Waals surface area contributed by atoms with Crippen molar-refractivity contribution in [1.82, 2.24) is 0 Å². The first-order chi connectivity index (χ1) is 11.3. The van der Waals surface area contributed by atoms with Crippen molar-refractivity contribution >= 4 is 33.8 Å². The summed E-state index contributed by atoms with van der Waals surface area (Å²) in [5.74, 6) is 0.839. The Labute approximate surface area is 133 Å². The van der Waals surface area contributed by atoms with Crippen molar-refractivity contribution in [2.45, 2.75) is 0 Å². The van der Waals surface area contributed by atoms with Crippen LogP contribution >= 0.6 is 0 Å². The third-order valence-electron chi connectivity index (χ3n) is 3.84. The monoisotopic (exact) mass is 301 g/mol. The largest absolute Gasteiger partial charge is 0.497 e. The molecule has 0 spiro atoms. The maximum atomic E-state index is 5.88. The van der Waals surface area contributed by atoms with Gasteiger partial charge in [-0.3, -0.25) is 4.99 Å². The fourth-order valence-electron chi connectivity index (χ4n) is 2.63. The van der Waals surface area contributed by atoms with E-state index in [0.29, 0.717) is 0 Å². The summed E-state index contributed by atoms with van der Waals surface area (Å²) in [6.45, 7) is 0. The van der Waals surface area contributed by atoms with E-state index in [2.05, 4.69) is 17.1 Å². The number of fused-ring (bicyclic) bond motifs is 3. The van der Waals surface area contributed by atoms with Crippen molar-refractivity contribution in [2.24, 2.45) is 4.99 Å². The molecule has 0 saturated carbocycles. The number of aliphatic imine (C=N–C) groups is 1. The SMILES string of the molecule is COc1ccc(C=Nc2ccc3c(c2)oc2ccccc23)cc1. The van der Waals surface area contributed by atoms with Crippen LogP contribution in [0.15, 0.2) is 76.1 Å². The van der Waals surface area contributed by atoms with E-state index in [0.717, 1.165) is 38.9 Å². The number of nitrogens with zero attached hydrogens (tertiary/aromatic N) is 1. The zero-order valence-corrected chi connectivity index (χ0v) is 12.7. The van der Waals surface area contributed by atoms with Crippen LogP contribution in [-0.2, 0) is 0 Å². The predicted molar refractivity (Wildman–Crippen MR) is 94.0 cm³/mol. The van der Waals surface area contributed by atoms with Gasteiger partial charge in [-0.1, -0.05) is 18.2 Å². The Bertz CT molecular complexity index is 997. The van der Waals surface area contributed by atoms with Gasteiger partial charge in [-0.2, -0.15) is 0 Å². The second-order valence-electron chi connectivity index (χ2n) is 5.31. The van der Waals surface area contributed by atoms with E-state index in [1.54, 1.807) is 7.11 Å². The summed E-state index contributed by atoms with van der Waals surface area (Å²) >= 11 is 0. The molecule has 0 amide bonds. The number of benzene rings is 3. The molecule has 3 heteroatoms. The molecule has 23 heavy (non-hydrogen) atoms. The molecule has 3 aromatic carbocycles. The van der Waals surface area contributed by atoms with Gasteiger partial charge in [0.25, 0.3) is 0 Å². The molecule has 1 heterocycles. The van der Waals surface area contributed by atoms with Crippen molar-refractivity contribution in [2.75, 3.05) is 7.11 Å². The van der Waals surface area contributed by atoms with Crippen LogP contribution in [0.4, 0.5) is 5.69 Å². The number of furan rings is 1. The summed E-state index contributed by atoms with van der Waals surface area (Å²) in [6.07, 6.45) is 1.84. The van der Waals surface area contributed by atoms with E-state index < -0.39 is 0 Å². The van der Waals surface area contributed by atoms with E-state index >= 15 is 0 Å². The first kappa shape index (κ1) is 13.6. The molecule has 3 nitrogen and oxygen atoms in total. The van der Waals surface area contributed by atoms with Gasteiger partial charge in [-0.05, 0) is 48.0 Å². The molecule has 0 saturated heterocycles. The fourth-order valence-corrected chi connectivity index (χ4v) is 2.63. The van der Waals surface area contributed by atoms with Crippen LogP contribution in [0.3, 0.4) is 0 Å². The van der Waals surface area contributed by atoms with Gasteiger partial charge in [0.15, 0.2) is 0 Å². The van der Waals surface area contributed by atoms with Gasteiger partial charge in [0.1, 0.15) is 16.9 Å². The Morgan fingerprint density at radius 1 is 0.870 bits per heavy atom. The van der Waals surface area contributed by atoms with Gasteiger partial charge >= 0.3 is 0 Å². The average Bonchev–Trinajstić information content (AvgIpc) is 2.98. The molecule has 0 aliphatic heterocycles. The molecule has 0 atom stereocenters. The molecule has 1 aromatic heterocycles.